The molecular weight excluding hydrogens is 438 g/mol. The van der Waals surface area contributed by atoms with Crippen LogP contribution in [-0.4, -0.2) is 46.3 Å². The monoisotopic (exact) mass is 469 g/mol. The summed E-state index contributed by atoms with van der Waals surface area (Å²) >= 11 is 1.64. The van der Waals surface area contributed by atoms with Crippen LogP contribution < -0.4 is 10.2 Å². The van der Waals surface area contributed by atoms with Gasteiger partial charge in [-0.3, -0.25) is 9.78 Å². The Morgan fingerprint density at radius 3 is 2.42 bits per heavy atom. The molecule has 8 nitrogen and oxygen atoms in total. The van der Waals surface area contributed by atoms with Crippen LogP contribution in [0.2, 0.25) is 0 Å². The number of carbonyl (C=O) groups excluding carboxylic acids is 1. The van der Waals surface area contributed by atoms with Gasteiger partial charge in [0.05, 0.1) is 29.3 Å². The topological polar surface area (TPSA) is 93.4 Å². The fraction of sp³-hybridized carbons (Fsp3) is 0.500. The first-order valence-corrected chi connectivity index (χ1v) is 12.1. The van der Waals surface area contributed by atoms with E-state index in [0.717, 1.165) is 45.7 Å². The second kappa shape index (κ2) is 9.61. The van der Waals surface area contributed by atoms with Gasteiger partial charge in [-0.15, -0.1) is 0 Å². The number of ether oxygens (including phenoxy) is 1. The van der Waals surface area contributed by atoms with Crippen molar-refractivity contribution < 1.29 is 14.1 Å². The number of pyridine rings is 1. The number of rotatable bonds is 6. The summed E-state index contributed by atoms with van der Waals surface area (Å²) in [5.41, 5.74) is 4.07. The van der Waals surface area contributed by atoms with Gasteiger partial charge in [0, 0.05) is 36.5 Å². The van der Waals surface area contributed by atoms with Gasteiger partial charge in [-0.1, -0.05) is 30.3 Å². The van der Waals surface area contributed by atoms with Crippen LogP contribution in [0, 0.1) is 13.8 Å². The predicted molar refractivity (Wildman–Crippen MR) is 129 cm³/mol. The fourth-order valence-electron chi connectivity index (χ4n) is 4.04. The maximum atomic E-state index is 12.7. The van der Waals surface area contributed by atoms with Crippen molar-refractivity contribution >= 4 is 22.4 Å². The fourth-order valence-corrected chi connectivity index (χ4v) is 5.13. The van der Waals surface area contributed by atoms with Gasteiger partial charge < -0.3 is 19.5 Å². The van der Waals surface area contributed by atoms with Crippen LogP contribution >= 0.6 is 11.3 Å². The van der Waals surface area contributed by atoms with Crippen LogP contribution in [0.4, 0.5) is 5.13 Å². The summed E-state index contributed by atoms with van der Waals surface area (Å²) in [5, 5.41) is 7.82. The third-order valence-corrected chi connectivity index (χ3v) is 6.67. The number of hydrogen-bond acceptors (Lipinski definition) is 8. The van der Waals surface area contributed by atoms with Crippen molar-refractivity contribution in [3.05, 3.63) is 46.7 Å². The summed E-state index contributed by atoms with van der Waals surface area (Å²) < 4.78 is 11.2. The zero-order valence-electron chi connectivity index (χ0n) is 20.0. The molecule has 0 aliphatic carbocycles. The zero-order chi connectivity index (χ0) is 23.7. The molecule has 0 spiro atoms. The summed E-state index contributed by atoms with van der Waals surface area (Å²) in [6.45, 7) is 14.0. The second-order valence-electron chi connectivity index (χ2n) is 9.03. The van der Waals surface area contributed by atoms with E-state index in [1.807, 2.05) is 27.7 Å². The van der Waals surface area contributed by atoms with Gasteiger partial charge in [-0.05, 0) is 45.4 Å². The molecule has 2 atom stereocenters. The van der Waals surface area contributed by atoms with Crippen molar-refractivity contribution in [2.45, 2.75) is 66.2 Å². The Morgan fingerprint density at radius 1 is 1.15 bits per heavy atom. The summed E-state index contributed by atoms with van der Waals surface area (Å²) in [6.07, 6.45) is 0.272. The highest BCUT2D eigenvalue weighted by molar-refractivity contribution is 7.19. The molecule has 1 aliphatic rings. The third kappa shape index (κ3) is 5.42. The average molecular weight is 470 g/mol. The molecule has 1 fully saturated rings. The van der Waals surface area contributed by atoms with Crippen molar-refractivity contribution in [2.75, 3.05) is 18.0 Å². The minimum atomic E-state index is -0.276. The Kier molecular flexibility index (Phi) is 6.81. The molecule has 1 saturated heterocycles. The van der Waals surface area contributed by atoms with Crippen molar-refractivity contribution in [3.8, 4) is 10.4 Å². The molecule has 9 heteroatoms. The highest BCUT2D eigenvalue weighted by Gasteiger charge is 2.26. The largest absolute Gasteiger partial charge is 0.372 e. The molecule has 1 aliphatic heterocycles. The highest BCUT2D eigenvalue weighted by atomic mass is 32.1. The van der Waals surface area contributed by atoms with E-state index in [-0.39, 0.29) is 29.7 Å². The first kappa shape index (κ1) is 23.4. The van der Waals surface area contributed by atoms with Crippen molar-refractivity contribution in [1.29, 1.82) is 0 Å². The molecule has 0 unspecified atom stereocenters. The lowest BCUT2D eigenvalue weighted by molar-refractivity contribution is -0.00523. The van der Waals surface area contributed by atoms with Crippen LogP contribution in [0.15, 0.2) is 22.7 Å². The Balaban J connectivity index is 1.62. The van der Waals surface area contributed by atoms with Crippen molar-refractivity contribution in [2.24, 2.45) is 0 Å². The first-order valence-electron chi connectivity index (χ1n) is 11.3. The maximum Gasteiger partial charge on any atom is 0.273 e. The Bertz CT molecular complexity index is 1110. The van der Waals surface area contributed by atoms with Crippen LogP contribution in [0.5, 0.6) is 0 Å². The number of hydrogen-bond donors (Lipinski definition) is 1. The molecule has 0 saturated carbocycles. The van der Waals surface area contributed by atoms with E-state index >= 15 is 0 Å². The quantitative estimate of drug-likeness (QED) is 0.569. The number of amides is 1. The van der Waals surface area contributed by atoms with Gasteiger partial charge in [0.1, 0.15) is 5.76 Å². The molecule has 3 aromatic heterocycles. The van der Waals surface area contributed by atoms with Gasteiger partial charge in [0.2, 0.25) is 0 Å². The molecule has 176 valence electrons. The van der Waals surface area contributed by atoms with E-state index in [2.05, 4.69) is 46.3 Å². The molecule has 4 rings (SSSR count). The van der Waals surface area contributed by atoms with Crippen molar-refractivity contribution in [1.82, 2.24) is 20.4 Å². The van der Waals surface area contributed by atoms with Gasteiger partial charge in [-0.2, -0.15) is 0 Å². The van der Waals surface area contributed by atoms with E-state index in [0.29, 0.717) is 12.3 Å². The van der Waals surface area contributed by atoms with Crippen molar-refractivity contribution in [3.63, 3.8) is 0 Å². The minimum absolute atomic E-state index is 0.136. The van der Waals surface area contributed by atoms with E-state index in [1.165, 1.54) is 0 Å². The molecule has 33 heavy (non-hydrogen) atoms. The van der Waals surface area contributed by atoms with Crippen LogP contribution in [0.3, 0.4) is 0 Å². The molecule has 0 bridgehead atoms. The van der Waals surface area contributed by atoms with Gasteiger partial charge in [0.15, 0.2) is 10.8 Å². The SMILES string of the molecule is Cc1cc(-c2sc(N3C[C@@H](C)O[C@@H](C)C3)nc2CNC(=O)c2cc(C(C)C)on2)cc(C)n1. The standard InChI is InChI=1S/C24H31N5O3S/c1-13(2)21-9-19(28-32-21)23(30)25-10-20-22(18-7-14(3)26-15(4)8-18)33-24(27-20)29-11-16(5)31-17(6)12-29/h7-9,13,16-17H,10-12H2,1-6H3,(H,25,30)/t16-,17+. The summed E-state index contributed by atoms with van der Waals surface area (Å²) in [5.74, 6) is 0.583. The number of anilines is 1. The minimum Gasteiger partial charge on any atom is -0.372 e. The van der Waals surface area contributed by atoms with E-state index in [9.17, 15) is 4.79 Å². The summed E-state index contributed by atoms with van der Waals surface area (Å²) in [6, 6.07) is 5.82. The van der Waals surface area contributed by atoms with Crippen LogP contribution in [0.25, 0.3) is 10.4 Å². The van der Waals surface area contributed by atoms with Gasteiger partial charge in [-0.25, -0.2) is 4.98 Å². The van der Waals surface area contributed by atoms with Crippen LogP contribution in [0.1, 0.15) is 66.9 Å². The van der Waals surface area contributed by atoms with Crippen LogP contribution in [-0.2, 0) is 11.3 Å². The number of morpholine rings is 1. The highest BCUT2D eigenvalue weighted by Crippen LogP contribution is 2.36. The second-order valence-corrected chi connectivity index (χ2v) is 10.0. The molecule has 1 N–H and O–H groups in total. The number of aromatic nitrogens is 3. The lowest BCUT2D eigenvalue weighted by atomic mass is 10.1. The van der Waals surface area contributed by atoms with E-state index < -0.39 is 0 Å². The lowest BCUT2D eigenvalue weighted by Gasteiger charge is -2.35. The normalized spacial score (nSPS) is 18.7. The summed E-state index contributed by atoms with van der Waals surface area (Å²) in [4.78, 5) is 25.5. The number of aryl methyl sites for hydroxylation is 2. The molecule has 4 heterocycles. The number of thiazole rings is 1. The Morgan fingerprint density at radius 2 is 1.82 bits per heavy atom. The maximum absolute atomic E-state index is 12.7. The first-order chi connectivity index (χ1) is 15.7. The number of nitrogens with zero attached hydrogens (tertiary/aromatic N) is 4. The molecular formula is C24H31N5O3S. The Hall–Kier alpha value is -2.78. The molecule has 0 aromatic carbocycles. The average Bonchev–Trinajstić information content (AvgIpc) is 3.38. The third-order valence-electron chi connectivity index (χ3n) is 5.47. The summed E-state index contributed by atoms with van der Waals surface area (Å²) in [7, 11) is 0. The Labute approximate surface area is 198 Å². The number of nitrogens with one attached hydrogen (secondary N) is 1. The lowest BCUT2D eigenvalue weighted by Crippen LogP contribution is -2.45. The van der Waals surface area contributed by atoms with E-state index in [1.54, 1.807) is 17.4 Å². The predicted octanol–water partition coefficient (Wildman–Crippen LogP) is 4.48. The molecule has 0 radical (unpaired) electrons. The zero-order valence-corrected chi connectivity index (χ0v) is 20.8. The molecule has 3 aromatic rings. The van der Waals surface area contributed by atoms with Gasteiger partial charge >= 0.3 is 0 Å². The smallest absolute Gasteiger partial charge is 0.273 e. The van der Waals surface area contributed by atoms with E-state index in [4.69, 9.17) is 14.2 Å². The number of carbonyl (C=O) groups is 1. The van der Waals surface area contributed by atoms with Gasteiger partial charge in [0.25, 0.3) is 5.91 Å². The molecule has 1 amide bonds.